The van der Waals surface area contributed by atoms with Crippen LogP contribution in [0.15, 0.2) is 59.1 Å². The van der Waals surface area contributed by atoms with E-state index in [0.717, 1.165) is 44.6 Å². The first kappa shape index (κ1) is 23.9. The number of benzene rings is 2. The number of aromatic nitrogens is 3. The average Bonchev–Trinajstić information content (AvgIpc) is 3.47. The van der Waals surface area contributed by atoms with Crippen molar-refractivity contribution in [2.24, 2.45) is 0 Å². The Hall–Kier alpha value is -3.87. The Morgan fingerprint density at radius 1 is 1.17 bits per heavy atom. The molecule has 3 heterocycles. The van der Waals surface area contributed by atoms with Crippen molar-refractivity contribution in [2.75, 3.05) is 12.4 Å². The van der Waals surface area contributed by atoms with Crippen molar-refractivity contribution in [1.82, 2.24) is 14.6 Å². The Labute approximate surface area is 216 Å². The van der Waals surface area contributed by atoms with Crippen molar-refractivity contribution in [2.45, 2.75) is 31.2 Å². The maximum Gasteiger partial charge on any atom is 0.238 e. The molecule has 2 aromatic carbocycles. The van der Waals surface area contributed by atoms with E-state index in [9.17, 15) is 10.1 Å². The molecule has 0 bridgehead atoms. The summed E-state index contributed by atoms with van der Waals surface area (Å²) >= 11 is 2.68. The molecule has 0 spiro atoms. The van der Waals surface area contributed by atoms with Crippen LogP contribution in [0, 0.1) is 25.2 Å². The van der Waals surface area contributed by atoms with E-state index >= 15 is 0 Å². The maximum atomic E-state index is 13.1. The van der Waals surface area contributed by atoms with Gasteiger partial charge in [-0.3, -0.25) is 9.20 Å². The number of ether oxygens (including phenoxy) is 1. The molecule has 7 nitrogen and oxygen atoms in total. The van der Waals surface area contributed by atoms with Crippen LogP contribution in [0.4, 0.5) is 5.00 Å². The highest BCUT2D eigenvalue weighted by molar-refractivity contribution is 8.00. The SMILES string of the molecule is COc1ccc(-c2csc(NC(=O)C(C)Sc3nnc4cc(C)c5cccc(C)c5n34)c2C#N)cc1. The van der Waals surface area contributed by atoms with Crippen molar-refractivity contribution >= 4 is 50.6 Å². The van der Waals surface area contributed by atoms with E-state index in [-0.39, 0.29) is 5.91 Å². The van der Waals surface area contributed by atoms with Crippen LogP contribution in [0.1, 0.15) is 23.6 Å². The third-order valence-corrected chi connectivity index (χ3v) is 8.02. The molecule has 5 aromatic rings. The molecule has 0 aliphatic carbocycles. The number of fused-ring (bicyclic) bond motifs is 3. The van der Waals surface area contributed by atoms with Crippen LogP contribution in [0.25, 0.3) is 27.7 Å². The molecule has 1 unspecified atom stereocenters. The predicted octanol–water partition coefficient (Wildman–Crippen LogP) is 6.23. The highest BCUT2D eigenvalue weighted by Crippen LogP contribution is 2.36. The summed E-state index contributed by atoms with van der Waals surface area (Å²) in [5.41, 5.74) is 6.15. The quantitative estimate of drug-likeness (QED) is 0.271. The molecule has 3 aromatic heterocycles. The molecule has 9 heteroatoms. The monoisotopic (exact) mass is 513 g/mol. The Kier molecular flexibility index (Phi) is 6.39. The zero-order chi connectivity index (χ0) is 25.4. The third-order valence-electron chi connectivity index (χ3n) is 6.08. The number of nitrogens with zero attached hydrogens (tertiary/aromatic N) is 4. The standard InChI is InChI=1S/C27H23N5O2S2/c1-15-6-5-7-20-16(2)12-23-30-31-27(32(23)24(15)20)36-17(3)25(33)29-26-21(13-28)22(14-35-26)18-8-10-19(34-4)11-9-18/h5-12,14,17H,1-4H3,(H,29,33). The van der Waals surface area contributed by atoms with E-state index in [0.29, 0.717) is 15.7 Å². The summed E-state index contributed by atoms with van der Waals surface area (Å²) in [4.78, 5) is 13.1. The molecule has 1 atom stereocenters. The number of carbonyl (C=O) groups is 1. The normalized spacial score (nSPS) is 12.0. The van der Waals surface area contributed by atoms with Crippen molar-refractivity contribution in [3.8, 4) is 22.9 Å². The number of amides is 1. The van der Waals surface area contributed by atoms with Crippen molar-refractivity contribution in [3.05, 3.63) is 70.6 Å². The fourth-order valence-corrected chi connectivity index (χ4v) is 5.96. The van der Waals surface area contributed by atoms with Gasteiger partial charge in [-0.05, 0) is 55.7 Å². The minimum Gasteiger partial charge on any atom is -0.497 e. The van der Waals surface area contributed by atoms with E-state index in [2.05, 4.69) is 47.6 Å². The lowest BCUT2D eigenvalue weighted by Crippen LogP contribution is -2.22. The number of nitrogens with one attached hydrogen (secondary N) is 1. The van der Waals surface area contributed by atoms with Crippen molar-refractivity contribution in [1.29, 1.82) is 5.26 Å². The molecule has 36 heavy (non-hydrogen) atoms. The first-order valence-corrected chi connectivity index (χ1v) is 13.0. The third kappa shape index (κ3) is 4.19. The second-order valence-electron chi connectivity index (χ2n) is 8.42. The number of hydrogen-bond acceptors (Lipinski definition) is 7. The van der Waals surface area contributed by atoms with E-state index in [1.54, 1.807) is 7.11 Å². The molecule has 0 radical (unpaired) electrons. The molecular formula is C27H23N5O2S2. The number of carbonyl (C=O) groups excluding carboxylic acids is 1. The molecule has 0 saturated carbocycles. The van der Waals surface area contributed by atoms with Crippen molar-refractivity contribution in [3.63, 3.8) is 0 Å². The average molecular weight is 514 g/mol. The number of thioether (sulfide) groups is 1. The number of anilines is 1. The van der Waals surface area contributed by atoms with Gasteiger partial charge in [-0.1, -0.05) is 42.1 Å². The Balaban J connectivity index is 1.41. The summed E-state index contributed by atoms with van der Waals surface area (Å²) in [5, 5.41) is 25.3. The van der Waals surface area contributed by atoms with Crippen LogP contribution >= 0.6 is 23.1 Å². The first-order valence-electron chi connectivity index (χ1n) is 11.3. The van der Waals surface area contributed by atoms with E-state index in [1.165, 1.54) is 23.1 Å². The number of aryl methyl sites for hydroxylation is 2. The lowest BCUT2D eigenvalue weighted by Gasteiger charge is -2.13. The van der Waals surface area contributed by atoms with Crippen LogP contribution in [0.5, 0.6) is 5.75 Å². The van der Waals surface area contributed by atoms with Gasteiger partial charge >= 0.3 is 0 Å². The van der Waals surface area contributed by atoms with Gasteiger partial charge in [0.05, 0.1) is 23.4 Å². The number of para-hydroxylation sites is 1. The summed E-state index contributed by atoms with van der Waals surface area (Å²) in [6.07, 6.45) is 0. The van der Waals surface area contributed by atoms with Crippen molar-refractivity contribution < 1.29 is 9.53 Å². The number of thiophene rings is 1. The summed E-state index contributed by atoms with van der Waals surface area (Å²) < 4.78 is 7.23. The van der Waals surface area contributed by atoms with E-state index in [4.69, 9.17) is 4.74 Å². The van der Waals surface area contributed by atoms with Gasteiger partial charge in [-0.2, -0.15) is 5.26 Å². The molecule has 1 amide bonds. The van der Waals surface area contributed by atoms with Gasteiger partial charge in [0.25, 0.3) is 0 Å². The largest absolute Gasteiger partial charge is 0.497 e. The number of rotatable bonds is 6. The number of methoxy groups -OCH3 is 1. The van der Waals surface area contributed by atoms with Crippen LogP contribution in [-0.4, -0.2) is 32.9 Å². The Morgan fingerprint density at radius 2 is 1.94 bits per heavy atom. The summed E-state index contributed by atoms with van der Waals surface area (Å²) in [6, 6.07) is 17.9. The van der Waals surface area contributed by atoms with Crippen LogP contribution in [0.3, 0.4) is 0 Å². The zero-order valence-electron chi connectivity index (χ0n) is 20.2. The van der Waals surface area contributed by atoms with Crippen LogP contribution in [-0.2, 0) is 4.79 Å². The van der Waals surface area contributed by atoms with Gasteiger partial charge < -0.3 is 10.1 Å². The molecular weight excluding hydrogens is 490 g/mol. The summed E-state index contributed by atoms with van der Waals surface area (Å²) in [6.45, 7) is 5.95. The lowest BCUT2D eigenvalue weighted by molar-refractivity contribution is -0.115. The zero-order valence-corrected chi connectivity index (χ0v) is 21.8. The van der Waals surface area contributed by atoms with Gasteiger partial charge in [0.15, 0.2) is 10.8 Å². The molecule has 0 saturated heterocycles. The second kappa shape index (κ2) is 9.64. The van der Waals surface area contributed by atoms with Gasteiger partial charge in [-0.25, -0.2) is 0 Å². The molecule has 0 aliphatic rings. The van der Waals surface area contributed by atoms with Crippen LogP contribution in [0.2, 0.25) is 0 Å². The van der Waals surface area contributed by atoms with E-state index in [1.807, 2.05) is 53.1 Å². The van der Waals surface area contributed by atoms with Gasteiger partial charge in [0.2, 0.25) is 5.91 Å². The van der Waals surface area contributed by atoms with Gasteiger partial charge in [0.1, 0.15) is 16.8 Å². The highest BCUT2D eigenvalue weighted by atomic mass is 32.2. The van der Waals surface area contributed by atoms with E-state index < -0.39 is 5.25 Å². The number of hydrogen-bond donors (Lipinski definition) is 1. The first-order chi connectivity index (χ1) is 17.4. The fraction of sp³-hybridized carbons (Fsp3) is 0.185. The molecule has 1 N–H and O–H groups in total. The van der Waals surface area contributed by atoms with Gasteiger partial charge in [-0.15, -0.1) is 21.5 Å². The second-order valence-corrected chi connectivity index (χ2v) is 10.6. The fourth-order valence-electron chi connectivity index (χ4n) is 4.18. The summed E-state index contributed by atoms with van der Waals surface area (Å²) in [7, 11) is 1.61. The van der Waals surface area contributed by atoms with Gasteiger partial charge in [0, 0.05) is 16.3 Å². The topological polar surface area (TPSA) is 92.3 Å². The molecule has 5 rings (SSSR count). The summed E-state index contributed by atoms with van der Waals surface area (Å²) in [5.74, 6) is 0.538. The Morgan fingerprint density at radius 3 is 2.67 bits per heavy atom. The molecule has 0 aliphatic heterocycles. The minimum absolute atomic E-state index is 0.204. The predicted molar refractivity (Wildman–Crippen MR) is 145 cm³/mol. The molecule has 180 valence electrons. The number of nitriles is 1. The smallest absolute Gasteiger partial charge is 0.238 e. The number of pyridine rings is 1. The lowest BCUT2D eigenvalue weighted by atomic mass is 10.0. The van der Waals surface area contributed by atoms with Crippen LogP contribution < -0.4 is 10.1 Å². The highest BCUT2D eigenvalue weighted by Gasteiger charge is 2.22. The maximum absolute atomic E-state index is 13.1. The minimum atomic E-state index is -0.462. The molecule has 0 fully saturated rings. The Bertz CT molecular complexity index is 1650.